The van der Waals surface area contributed by atoms with E-state index in [1.807, 2.05) is 22.6 Å². The average molecular weight is 305 g/mol. The maximum absolute atomic E-state index is 12.0. The van der Waals surface area contributed by atoms with Crippen molar-refractivity contribution in [2.45, 2.75) is 6.18 Å². The van der Waals surface area contributed by atoms with Crippen molar-refractivity contribution in [2.24, 2.45) is 0 Å². The number of alkyl halides is 3. The fourth-order valence-corrected chi connectivity index (χ4v) is 1.10. The van der Waals surface area contributed by atoms with E-state index in [-0.39, 0.29) is 5.02 Å². The molecule has 0 bridgehead atoms. The van der Waals surface area contributed by atoms with Gasteiger partial charge < -0.3 is 0 Å². The van der Waals surface area contributed by atoms with Gasteiger partial charge in [-0.25, -0.2) is 0 Å². The van der Waals surface area contributed by atoms with Gasteiger partial charge in [-0.3, -0.25) is 0 Å². The Morgan fingerprint density at radius 2 is 2.00 bits per heavy atom. The Labute approximate surface area is 85.9 Å². The van der Waals surface area contributed by atoms with Crippen molar-refractivity contribution >= 4 is 34.2 Å². The molecule has 0 atom stereocenters. The molecule has 0 aliphatic heterocycles. The number of rotatable bonds is 0. The van der Waals surface area contributed by atoms with Crippen molar-refractivity contribution in [3.05, 3.63) is 32.4 Å². The lowest BCUT2D eigenvalue weighted by Crippen LogP contribution is -2.04. The number of hydrogen-bond acceptors (Lipinski definition) is 0. The summed E-state index contributed by atoms with van der Waals surface area (Å²) in [6.07, 6.45) is -4.34. The zero-order valence-electron chi connectivity index (χ0n) is 5.54. The third kappa shape index (κ3) is 2.26. The summed E-state index contributed by atoms with van der Waals surface area (Å²) in [4.78, 5) is 0. The second-order valence-corrected chi connectivity index (χ2v) is 3.53. The molecule has 0 aliphatic carbocycles. The molecule has 0 nitrogen and oxygen atoms in total. The molecule has 0 aromatic heterocycles. The molecule has 0 N–H and O–H groups in total. The van der Waals surface area contributed by atoms with Gasteiger partial charge in [0.15, 0.2) is 0 Å². The lowest BCUT2D eigenvalue weighted by Gasteiger charge is -2.06. The highest BCUT2D eigenvalue weighted by Gasteiger charge is 2.30. The van der Waals surface area contributed by atoms with Crippen LogP contribution in [0, 0.1) is 9.64 Å². The minimum absolute atomic E-state index is 0.0745. The number of benzene rings is 1. The van der Waals surface area contributed by atoms with Gasteiger partial charge in [-0.1, -0.05) is 11.6 Å². The highest BCUT2D eigenvalue weighted by Crippen LogP contribution is 2.31. The zero-order chi connectivity index (χ0) is 9.35. The van der Waals surface area contributed by atoms with Crippen molar-refractivity contribution < 1.29 is 13.2 Å². The molecule has 5 heteroatoms. The molecular formula is C7H2ClF3I. The van der Waals surface area contributed by atoms with E-state index in [0.717, 1.165) is 12.1 Å². The normalized spacial score (nSPS) is 11.8. The maximum atomic E-state index is 12.0. The van der Waals surface area contributed by atoms with E-state index in [4.69, 9.17) is 11.6 Å². The van der Waals surface area contributed by atoms with E-state index in [9.17, 15) is 13.2 Å². The molecule has 1 aromatic carbocycles. The van der Waals surface area contributed by atoms with Gasteiger partial charge in [-0.05, 0) is 40.8 Å². The third-order valence-corrected chi connectivity index (χ3v) is 2.68. The molecule has 65 valence electrons. The molecular weight excluding hydrogens is 303 g/mol. The fourth-order valence-electron chi connectivity index (χ4n) is 0.615. The Morgan fingerprint density at radius 1 is 1.42 bits per heavy atom. The van der Waals surface area contributed by atoms with Gasteiger partial charge in [-0.2, -0.15) is 13.2 Å². The van der Waals surface area contributed by atoms with Crippen molar-refractivity contribution in [2.75, 3.05) is 0 Å². The molecule has 1 radical (unpaired) electrons. The van der Waals surface area contributed by atoms with Gasteiger partial charge in [0, 0.05) is 3.57 Å². The summed E-state index contributed by atoms with van der Waals surface area (Å²) in [5.41, 5.74) is -0.770. The van der Waals surface area contributed by atoms with E-state index in [1.54, 1.807) is 0 Å². The topological polar surface area (TPSA) is 0 Å². The highest BCUT2D eigenvalue weighted by atomic mass is 127. The summed E-state index contributed by atoms with van der Waals surface area (Å²) >= 11 is 7.30. The second-order valence-electron chi connectivity index (χ2n) is 2.05. The monoisotopic (exact) mass is 305 g/mol. The standard InChI is InChI=1S/C7H2ClF3I/c8-5-3-4(7(9,10)11)1-2-6(5)12/h1,3H. The molecule has 1 rings (SSSR count). The Morgan fingerprint density at radius 3 is 2.42 bits per heavy atom. The predicted octanol–water partition coefficient (Wildman–Crippen LogP) is 3.76. The molecule has 0 amide bonds. The van der Waals surface area contributed by atoms with Crippen LogP contribution in [0.5, 0.6) is 0 Å². The maximum Gasteiger partial charge on any atom is 0.416 e. The first kappa shape index (κ1) is 10.1. The van der Waals surface area contributed by atoms with Gasteiger partial charge in [0.25, 0.3) is 0 Å². The Hall–Kier alpha value is 0.0300. The van der Waals surface area contributed by atoms with Gasteiger partial charge >= 0.3 is 6.18 Å². The quantitative estimate of drug-likeness (QED) is 0.640. The smallest absolute Gasteiger partial charge is 0.166 e. The largest absolute Gasteiger partial charge is 0.416 e. The minimum atomic E-state index is -4.34. The summed E-state index contributed by atoms with van der Waals surface area (Å²) in [5, 5.41) is 0.0745. The van der Waals surface area contributed by atoms with E-state index in [2.05, 4.69) is 6.07 Å². The molecule has 0 unspecified atom stereocenters. The highest BCUT2D eigenvalue weighted by molar-refractivity contribution is 14.1. The van der Waals surface area contributed by atoms with Crippen LogP contribution >= 0.6 is 34.2 Å². The summed E-state index contributed by atoms with van der Waals surface area (Å²) < 4.78 is 36.5. The first-order valence-corrected chi connectivity index (χ1v) is 4.31. The lowest BCUT2D eigenvalue weighted by atomic mass is 10.2. The Balaban J connectivity index is 3.14. The lowest BCUT2D eigenvalue weighted by molar-refractivity contribution is -0.137. The molecule has 0 aliphatic rings. The van der Waals surface area contributed by atoms with E-state index >= 15 is 0 Å². The predicted molar refractivity (Wildman–Crippen MR) is 48.0 cm³/mol. The SMILES string of the molecule is FC(F)(F)c1c[c]c(I)c(Cl)c1. The minimum Gasteiger partial charge on any atom is -0.166 e. The molecule has 1 aromatic rings. The Kier molecular flexibility index (Phi) is 2.88. The molecule has 0 spiro atoms. The summed E-state index contributed by atoms with van der Waals surface area (Å²) in [6, 6.07) is 4.18. The second kappa shape index (κ2) is 3.41. The average Bonchev–Trinajstić information content (AvgIpc) is 1.92. The van der Waals surface area contributed by atoms with Gasteiger partial charge in [-0.15, -0.1) is 0 Å². The van der Waals surface area contributed by atoms with Crippen LogP contribution in [0.3, 0.4) is 0 Å². The van der Waals surface area contributed by atoms with Gasteiger partial charge in [0.05, 0.1) is 10.6 Å². The molecule has 0 saturated heterocycles. The van der Waals surface area contributed by atoms with Crippen LogP contribution in [0.1, 0.15) is 5.56 Å². The summed E-state index contributed by atoms with van der Waals surface area (Å²) in [6.45, 7) is 0. The number of halogens is 5. The molecule has 0 fully saturated rings. The van der Waals surface area contributed by atoms with Crippen LogP contribution in [0.2, 0.25) is 5.02 Å². The molecule has 0 saturated carbocycles. The van der Waals surface area contributed by atoms with Crippen LogP contribution < -0.4 is 0 Å². The Bertz CT molecular complexity index is 295. The van der Waals surface area contributed by atoms with Crippen LogP contribution in [0.15, 0.2) is 12.1 Å². The third-order valence-electron chi connectivity index (χ3n) is 1.17. The fraction of sp³-hybridized carbons (Fsp3) is 0.143. The van der Waals surface area contributed by atoms with Crippen LogP contribution in [0.4, 0.5) is 13.2 Å². The molecule has 12 heavy (non-hydrogen) atoms. The van der Waals surface area contributed by atoms with E-state index in [0.29, 0.717) is 3.57 Å². The van der Waals surface area contributed by atoms with E-state index in [1.165, 1.54) is 0 Å². The van der Waals surface area contributed by atoms with Crippen molar-refractivity contribution in [1.82, 2.24) is 0 Å². The summed E-state index contributed by atoms with van der Waals surface area (Å²) in [7, 11) is 0. The molecule has 0 heterocycles. The zero-order valence-corrected chi connectivity index (χ0v) is 8.46. The van der Waals surface area contributed by atoms with Gasteiger partial charge in [0.2, 0.25) is 0 Å². The van der Waals surface area contributed by atoms with Crippen LogP contribution in [-0.2, 0) is 6.18 Å². The van der Waals surface area contributed by atoms with Crippen molar-refractivity contribution in [3.8, 4) is 0 Å². The number of hydrogen-bond donors (Lipinski definition) is 0. The summed E-state index contributed by atoms with van der Waals surface area (Å²) in [5.74, 6) is 0. The van der Waals surface area contributed by atoms with Crippen molar-refractivity contribution in [1.29, 1.82) is 0 Å². The van der Waals surface area contributed by atoms with E-state index < -0.39 is 11.7 Å². The first-order chi connectivity index (χ1) is 5.41. The van der Waals surface area contributed by atoms with Crippen LogP contribution in [-0.4, -0.2) is 0 Å². The first-order valence-electron chi connectivity index (χ1n) is 2.85. The van der Waals surface area contributed by atoms with Crippen molar-refractivity contribution in [3.63, 3.8) is 0 Å². The van der Waals surface area contributed by atoms with Crippen LogP contribution in [0.25, 0.3) is 0 Å². The van der Waals surface area contributed by atoms with Gasteiger partial charge in [0.1, 0.15) is 0 Å².